The molecule has 1 aliphatic rings. The van der Waals surface area contributed by atoms with E-state index in [2.05, 4.69) is 0 Å². The molecule has 0 unspecified atom stereocenters. The standard InChI is InChI=1S/C20H14O4/c1-10-8-11-6-7-13-17(14(11)9-15(10)21)19(22)12-4-3-5-16(24-2)18(12)20(13)23/h3-9,21H,1-2H3. The van der Waals surface area contributed by atoms with Gasteiger partial charge in [0.2, 0.25) is 0 Å². The predicted octanol–water partition coefficient (Wildman–Crippen LogP) is 3.64. The van der Waals surface area contributed by atoms with Gasteiger partial charge in [-0.3, -0.25) is 9.59 Å². The molecule has 0 aliphatic heterocycles. The van der Waals surface area contributed by atoms with Crippen molar-refractivity contribution in [2.24, 2.45) is 0 Å². The van der Waals surface area contributed by atoms with Crippen molar-refractivity contribution in [1.82, 2.24) is 0 Å². The lowest BCUT2D eigenvalue weighted by Gasteiger charge is -2.21. The molecule has 1 N–H and O–H groups in total. The van der Waals surface area contributed by atoms with Crippen molar-refractivity contribution < 1.29 is 19.4 Å². The molecule has 118 valence electrons. The van der Waals surface area contributed by atoms with Gasteiger partial charge in [-0.25, -0.2) is 0 Å². The average molecular weight is 318 g/mol. The number of carbonyl (C=O) groups excluding carboxylic acids is 2. The molecule has 0 heterocycles. The monoisotopic (exact) mass is 318 g/mol. The third-order valence-corrected chi connectivity index (χ3v) is 4.53. The van der Waals surface area contributed by atoms with Crippen LogP contribution in [0.15, 0.2) is 42.5 Å². The highest BCUT2D eigenvalue weighted by Crippen LogP contribution is 2.37. The van der Waals surface area contributed by atoms with Gasteiger partial charge in [-0.15, -0.1) is 0 Å². The first-order valence-electron chi connectivity index (χ1n) is 7.55. The predicted molar refractivity (Wildman–Crippen MR) is 90.2 cm³/mol. The number of rotatable bonds is 1. The fourth-order valence-electron chi connectivity index (χ4n) is 3.30. The topological polar surface area (TPSA) is 63.6 Å². The third kappa shape index (κ3) is 1.80. The molecular weight excluding hydrogens is 304 g/mol. The number of carbonyl (C=O) groups is 2. The Balaban J connectivity index is 2.09. The van der Waals surface area contributed by atoms with Gasteiger partial charge in [0.05, 0.1) is 12.7 Å². The Hall–Kier alpha value is -3.14. The summed E-state index contributed by atoms with van der Waals surface area (Å²) in [6.45, 7) is 1.79. The smallest absolute Gasteiger partial charge is 0.198 e. The summed E-state index contributed by atoms with van der Waals surface area (Å²) in [6, 6.07) is 11.8. The molecule has 3 aromatic carbocycles. The molecule has 0 radical (unpaired) electrons. The van der Waals surface area contributed by atoms with Crippen molar-refractivity contribution in [3.63, 3.8) is 0 Å². The first-order chi connectivity index (χ1) is 11.5. The molecule has 0 bridgehead atoms. The van der Waals surface area contributed by atoms with E-state index in [4.69, 9.17) is 4.74 Å². The first-order valence-corrected chi connectivity index (χ1v) is 7.55. The van der Waals surface area contributed by atoms with Gasteiger partial charge in [-0.05, 0) is 47.5 Å². The summed E-state index contributed by atoms with van der Waals surface area (Å²) < 4.78 is 5.26. The molecule has 3 aromatic rings. The first kappa shape index (κ1) is 14.5. The van der Waals surface area contributed by atoms with Crippen LogP contribution in [0.2, 0.25) is 0 Å². The number of methoxy groups -OCH3 is 1. The van der Waals surface area contributed by atoms with Gasteiger partial charge >= 0.3 is 0 Å². The minimum Gasteiger partial charge on any atom is -0.508 e. The Morgan fingerprint density at radius 1 is 0.917 bits per heavy atom. The van der Waals surface area contributed by atoms with E-state index in [0.29, 0.717) is 33.4 Å². The van der Waals surface area contributed by atoms with E-state index < -0.39 is 0 Å². The van der Waals surface area contributed by atoms with Crippen LogP contribution in [0.3, 0.4) is 0 Å². The molecule has 0 amide bonds. The van der Waals surface area contributed by atoms with Crippen LogP contribution in [0.25, 0.3) is 10.8 Å². The molecular formula is C20H14O4. The number of aryl methyl sites for hydroxylation is 1. The van der Waals surface area contributed by atoms with Gasteiger partial charge in [0.1, 0.15) is 11.5 Å². The van der Waals surface area contributed by atoms with Crippen molar-refractivity contribution in [2.75, 3.05) is 7.11 Å². The Labute approximate surface area is 138 Å². The van der Waals surface area contributed by atoms with E-state index in [0.717, 1.165) is 10.9 Å². The Morgan fingerprint density at radius 2 is 1.62 bits per heavy atom. The zero-order valence-corrected chi connectivity index (χ0v) is 13.2. The summed E-state index contributed by atoms with van der Waals surface area (Å²) in [5.74, 6) is 0.0299. The largest absolute Gasteiger partial charge is 0.508 e. The number of benzene rings is 3. The second-order valence-corrected chi connectivity index (χ2v) is 5.89. The van der Waals surface area contributed by atoms with Crippen molar-refractivity contribution in [1.29, 1.82) is 0 Å². The molecule has 1 aliphatic carbocycles. The number of fused-ring (bicyclic) bond motifs is 4. The number of aromatic hydroxyl groups is 1. The number of ether oxygens (including phenoxy) is 1. The summed E-state index contributed by atoms with van der Waals surface area (Å²) in [5, 5.41) is 11.4. The van der Waals surface area contributed by atoms with E-state index >= 15 is 0 Å². The maximum atomic E-state index is 13.0. The fraction of sp³-hybridized carbons (Fsp3) is 0.100. The van der Waals surface area contributed by atoms with Crippen LogP contribution in [0.1, 0.15) is 37.4 Å². The van der Waals surface area contributed by atoms with Gasteiger partial charge < -0.3 is 9.84 Å². The van der Waals surface area contributed by atoms with Crippen LogP contribution >= 0.6 is 0 Å². The summed E-state index contributed by atoms with van der Waals surface area (Å²) in [7, 11) is 1.48. The molecule has 0 fully saturated rings. The van der Waals surface area contributed by atoms with Crippen molar-refractivity contribution >= 4 is 22.3 Å². The van der Waals surface area contributed by atoms with E-state index in [1.54, 1.807) is 43.3 Å². The molecule has 4 nitrogen and oxygen atoms in total. The number of phenolic OH excluding ortho intramolecular Hbond substituents is 1. The summed E-state index contributed by atoms with van der Waals surface area (Å²) in [6.07, 6.45) is 0. The fourth-order valence-corrected chi connectivity index (χ4v) is 3.30. The number of ketones is 2. The van der Waals surface area contributed by atoms with Crippen LogP contribution in [0, 0.1) is 6.92 Å². The Morgan fingerprint density at radius 3 is 2.38 bits per heavy atom. The van der Waals surface area contributed by atoms with Crippen molar-refractivity contribution in [3.05, 3.63) is 70.3 Å². The third-order valence-electron chi connectivity index (χ3n) is 4.53. The molecule has 0 spiro atoms. The lowest BCUT2D eigenvalue weighted by molar-refractivity contribution is 0.0978. The van der Waals surface area contributed by atoms with Gasteiger partial charge in [-0.1, -0.05) is 18.2 Å². The lowest BCUT2D eigenvalue weighted by atomic mass is 9.81. The van der Waals surface area contributed by atoms with E-state index in [9.17, 15) is 14.7 Å². The van der Waals surface area contributed by atoms with Crippen molar-refractivity contribution in [2.45, 2.75) is 6.92 Å². The van der Waals surface area contributed by atoms with Gasteiger partial charge in [0.15, 0.2) is 11.6 Å². The second kappa shape index (κ2) is 4.93. The molecule has 24 heavy (non-hydrogen) atoms. The minimum atomic E-state index is -0.237. The summed E-state index contributed by atoms with van der Waals surface area (Å²) >= 11 is 0. The Kier molecular flexibility index (Phi) is 2.97. The minimum absolute atomic E-state index is 0.104. The zero-order chi connectivity index (χ0) is 17.0. The highest BCUT2D eigenvalue weighted by molar-refractivity contribution is 6.32. The highest BCUT2D eigenvalue weighted by Gasteiger charge is 2.33. The van der Waals surface area contributed by atoms with Crippen LogP contribution in [0.4, 0.5) is 0 Å². The SMILES string of the molecule is COc1cccc2c1C(=O)c1ccc3cc(C)c(O)cc3c1C2=O. The van der Waals surface area contributed by atoms with Gasteiger partial charge in [0, 0.05) is 16.7 Å². The van der Waals surface area contributed by atoms with Crippen LogP contribution in [0.5, 0.6) is 11.5 Å². The van der Waals surface area contributed by atoms with Gasteiger partial charge in [0.25, 0.3) is 0 Å². The summed E-state index contributed by atoms with van der Waals surface area (Å²) in [4.78, 5) is 26.0. The zero-order valence-electron chi connectivity index (χ0n) is 13.2. The maximum Gasteiger partial charge on any atom is 0.198 e. The highest BCUT2D eigenvalue weighted by atomic mass is 16.5. The molecule has 4 rings (SSSR count). The van der Waals surface area contributed by atoms with Crippen molar-refractivity contribution in [3.8, 4) is 11.5 Å². The van der Waals surface area contributed by atoms with Crippen LogP contribution in [-0.2, 0) is 0 Å². The summed E-state index contributed by atoms with van der Waals surface area (Å²) in [5.41, 5.74) is 2.04. The average Bonchev–Trinajstić information content (AvgIpc) is 2.59. The van der Waals surface area contributed by atoms with Gasteiger partial charge in [-0.2, -0.15) is 0 Å². The number of hydrogen-bond acceptors (Lipinski definition) is 4. The van der Waals surface area contributed by atoms with E-state index in [-0.39, 0.29) is 17.3 Å². The normalized spacial score (nSPS) is 12.9. The lowest BCUT2D eigenvalue weighted by Crippen LogP contribution is -2.22. The number of phenols is 1. The molecule has 4 heteroatoms. The van der Waals surface area contributed by atoms with Crippen LogP contribution < -0.4 is 4.74 Å². The van der Waals surface area contributed by atoms with Crippen LogP contribution in [-0.4, -0.2) is 23.8 Å². The Bertz CT molecular complexity index is 1050. The number of hydrogen-bond donors (Lipinski definition) is 1. The molecule has 0 atom stereocenters. The molecule has 0 saturated heterocycles. The maximum absolute atomic E-state index is 13.0. The second-order valence-electron chi connectivity index (χ2n) is 5.89. The quantitative estimate of drug-likeness (QED) is 0.582. The molecule has 0 saturated carbocycles. The van der Waals surface area contributed by atoms with E-state index in [1.807, 2.05) is 6.07 Å². The van der Waals surface area contributed by atoms with E-state index in [1.165, 1.54) is 7.11 Å². The molecule has 0 aromatic heterocycles.